The normalized spacial score (nSPS) is 23.7. The number of carbonyl (C=O) groups excluding carboxylic acids is 1. The van der Waals surface area contributed by atoms with Gasteiger partial charge < -0.3 is 14.4 Å². The molecule has 2 aliphatic rings. The minimum absolute atomic E-state index is 0.224. The van der Waals surface area contributed by atoms with Gasteiger partial charge in [0.2, 0.25) is 0 Å². The Labute approximate surface area is 151 Å². The molecule has 0 N–H and O–H groups in total. The summed E-state index contributed by atoms with van der Waals surface area (Å²) in [5, 5.41) is 0. The van der Waals surface area contributed by atoms with E-state index in [1.54, 1.807) is 12.1 Å². The fraction of sp³-hybridized carbons (Fsp3) is 0.667. The van der Waals surface area contributed by atoms with Gasteiger partial charge in [0, 0.05) is 6.04 Å². The molecule has 2 heterocycles. The van der Waals surface area contributed by atoms with Gasteiger partial charge in [-0.05, 0) is 81.8 Å². The van der Waals surface area contributed by atoms with E-state index in [1.165, 1.54) is 45.2 Å². The van der Waals surface area contributed by atoms with Crippen LogP contribution >= 0.6 is 0 Å². The second kappa shape index (κ2) is 9.23. The summed E-state index contributed by atoms with van der Waals surface area (Å²) in [6.45, 7) is 5.82. The summed E-state index contributed by atoms with van der Waals surface area (Å²) in [5.41, 5.74) is 0.604. The SMILES string of the molecule is CCCOc1ccc(C(=O)OCC[C@@H]2CCCN3CCCC[C@H]23)cc1. The zero-order valence-electron chi connectivity index (χ0n) is 15.4. The van der Waals surface area contributed by atoms with Crippen LogP contribution in [0.2, 0.25) is 0 Å². The summed E-state index contributed by atoms with van der Waals surface area (Å²) < 4.78 is 11.1. The first-order valence-corrected chi connectivity index (χ1v) is 9.92. The highest BCUT2D eigenvalue weighted by Gasteiger charge is 2.32. The Kier molecular flexibility index (Phi) is 6.74. The van der Waals surface area contributed by atoms with Crippen LogP contribution < -0.4 is 4.74 Å². The molecule has 138 valence electrons. The number of hydrogen-bond donors (Lipinski definition) is 0. The van der Waals surface area contributed by atoms with Crippen molar-refractivity contribution < 1.29 is 14.3 Å². The molecule has 0 amide bonds. The first kappa shape index (κ1) is 18.2. The molecule has 0 spiro atoms. The molecule has 1 aromatic rings. The third-order valence-electron chi connectivity index (χ3n) is 5.51. The van der Waals surface area contributed by atoms with Crippen LogP contribution in [0.4, 0.5) is 0 Å². The van der Waals surface area contributed by atoms with Gasteiger partial charge in [0.05, 0.1) is 18.8 Å². The summed E-state index contributed by atoms with van der Waals surface area (Å²) >= 11 is 0. The summed E-state index contributed by atoms with van der Waals surface area (Å²) in [7, 11) is 0. The van der Waals surface area contributed by atoms with Crippen LogP contribution in [0.5, 0.6) is 5.75 Å². The van der Waals surface area contributed by atoms with E-state index in [-0.39, 0.29) is 5.97 Å². The molecule has 0 aliphatic carbocycles. The van der Waals surface area contributed by atoms with E-state index in [9.17, 15) is 4.79 Å². The summed E-state index contributed by atoms with van der Waals surface area (Å²) in [4.78, 5) is 14.9. The van der Waals surface area contributed by atoms with Gasteiger partial charge in [0.1, 0.15) is 5.75 Å². The number of fused-ring (bicyclic) bond motifs is 1. The molecule has 4 heteroatoms. The fourth-order valence-electron chi connectivity index (χ4n) is 4.21. The molecule has 0 radical (unpaired) electrons. The van der Waals surface area contributed by atoms with Gasteiger partial charge in [-0.1, -0.05) is 13.3 Å². The molecule has 0 unspecified atom stereocenters. The second-order valence-electron chi connectivity index (χ2n) is 7.30. The van der Waals surface area contributed by atoms with Gasteiger partial charge >= 0.3 is 5.97 Å². The van der Waals surface area contributed by atoms with Crippen LogP contribution in [-0.4, -0.2) is 43.2 Å². The van der Waals surface area contributed by atoms with Crippen molar-refractivity contribution in [2.75, 3.05) is 26.3 Å². The fourth-order valence-corrected chi connectivity index (χ4v) is 4.21. The maximum atomic E-state index is 12.2. The van der Waals surface area contributed by atoms with Gasteiger partial charge in [0.25, 0.3) is 0 Å². The molecule has 4 nitrogen and oxygen atoms in total. The molecule has 3 rings (SSSR count). The van der Waals surface area contributed by atoms with Crippen molar-refractivity contribution in [3.05, 3.63) is 29.8 Å². The number of piperidine rings is 2. The predicted molar refractivity (Wildman–Crippen MR) is 99.1 cm³/mol. The summed E-state index contributed by atoms with van der Waals surface area (Å²) in [6, 6.07) is 7.98. The van der Waals surface area contributed by atoms with E-state index in [0.29, 0.717) is 24.7 Å². The summed E-state index contributed by atoms with van der Waals surface area (Å²) in [6.07, 6.45) is 8.54. The third-order valence-corrected chi connectivity index (χ3v) is 5.51. The smallest absolute Gasteiger partial charge is 0.338 e. The Morgan fingerprint density at radius 2 is 1.88 bits per heavy atom. The van der Waals surface area contributed by atoms with Crippen molar-refractivity contribution in [1.82, 2.24) is 4.90 Å². The van der Waals surface area contributed by atoms with Gasteiger partial charge in [-0.3, -0.25) is 0 Å². The minimum atomic E-state index is -0.224. The van der Waals surface area contributed by atoms with Crippen LogP contribution in [0.25, 0.3) is 0 Å². The van der Waals surface area contributed by atoms with E-state index < -0.39 is 0 Å². The number of esters is 1. The molecule has 1 aromatic carbocycles. The van der Waals surface area contributed by atoms with E-state index in [0.717, 1.165) is 24.6 Å². The zero-order valence-corrected chi connectivity index (χ0v) is 15.4. The number of benzene rings is 1. The lowest BCUT2D eigenvalue weighted by atomic mass is 9.82. The quantitative estimate of drug-likeness (QED) is 0.691. The van der Waals surface area contributed by atoms with Crippen LogP contribution in [0.1, 0.15) is 62.2 Å². The predicted octanol–water partition coefficient (Wildman–Crippen LogP) is 4.29. The van der Waals surface area contributed by atoms with Crippen molar-refractivity contribution in [2.45, 2.75) is 57.9 Å². The monoisotopic (exact) mass is 345 g/mol. The van der Waals surface area contributed by atoms with Crippen LogP contribution in [0.15, 0.2) is 24.3 Å². The number of hydrogen-bond acceptors (Lipinski definition) is 4. The molecule has 25 heavy (non-hydrogen) atoms. The highest BCUT2D eigenvalue weighted by molar-refractivity contribution is 5.89. The zero-order chi connectivity index (χ0) is 17.5. The Bertz CT molecular complexity index is 541. The molecule has 2 aliphatic heterocycles. The van der Waals surface area contributed by atoms with Gasteiger partial charge in [0.15, 0.2) is 0 Å². The lowest BCUT2D eigenvalue weighted by Gasteiger charge is -2.44. The highest BCUT2D eigenvalue weighted by Crippen LogP contribution is 2.32. The second-order valence-corrected chi connectivity index (χ2v) is 7.30. The van der Waals surface area contributed by atoms with Crippen LogP contribution in [0.3, 0.4) is 0 Å². The third kappa shape index (κ3) is 4.97. The van der Waals surface area contributed by atoms with Gasteiger partial charge in [-0.25, -0.2) is 4.79 Å². The number of carbonyl (C=O) groups is 1. The average Bonchev–Trinajstić information content (AvgIpc) is 2.67. The largest absolute Gasteiger partial charge is 0.494 e. The Balaban J connectivity index is 1.44. The molecule has 2 atom stereocenters. The first-order chi connectivity index (χ1) is 12.3. The van der Waals surface area contributed by atoms with Gasteiger partial charge in [-0.15, -0.1) is 0 Å². The van der Waals surface area contributed by atoms with Crippen molar-refractivity contribution in [1.29, 1.82) is 0 Å². The van der Waals surface area contributed by atoms with Crippen LogP contribution in [-0.2, 0) is 4.74 Å². The number of rotatable bonds is 7. The van der Waals surface area contributed by atoms with Crippen LogP contribution in [0, 0.1) is 5.92 Å². The van der Waals surface area contributed by atoms with Crippen molar-refractivity contribution in [2.24, 2.45) is 5.92 Å². The van der Waals surface area contributed by atoms with E-state index in [4.69, 9.17) is 9.47 Å². The van der Waals surface area contributed by atoms with Crippen molar-refractivity contribution in [3.63, 3.8) is 0 Å². The number of nitrogens with zero attached hydrogens (tertiary/aromatic N) is 1. The van der Waals surface area contributed by atoms with Crippen molar-refractivity contribution in [3.8, 4) is 5.75 Å². The Morgan fingerprint density at radius 3 is 2.68 bits per heavy atom. The Morgan fingerprint density at radius 1 is 1.08 bits per heavy atom. The molecule has 0 aromatic heterocycles. The highest BCUT2D eigenvalue weighted by atomic mass is 16.5. The molecule has 0 bridgehead atoms. The molecule has 2 saturated heterocycles. The lowest BCUT2D eigenvalue weighted by molar-refractivity contribution is 0.0296. The van der Waals surface area contributed by atoms with Crippen molar-refractivity contribution >= 4 is 5.97 Å². The number of ether oxygens (including phenoxy) is 2. The van der Waals surface area contributed by atoms with Gasteiger partial charge in [-0.2, -0.15) is 0 Å². The topological polar surface area (TPSA) is 38.8 Å². The standard InChI is InChI=1S/C21H31NO3/c1-2-15-24-19-10-8-18(9-11-19)21(23)25-16-12-17-6-5-14-22-13-4-3-7-20(17)22/h8-11,17,20H,2-7,12-16H2,1H3/t17-,20+/m0/s1. The van der Waals surface area contributed by atoms with E-state index in [1.807, 2.05) is 12.1 Å². The molecule has 0 saturated carbocycles. The molecular weight excluding hydrogens is 314 g/mol. The molecular formula is C21H31NO3. The van der Waals surface area contributed by atoms with E-state index in [2.05, 4.69) is 11.8 Å². The maximum absolute atomic E-state index is 12.2. The summed E-state index contributed by atoms with van der Waals surface area (Å²) in [5.74, 6) is 1.27. The minimum Gasteiger partial charge on any atom is -0.494 e. The Hall–Kier alpha value is -1.55. The first-order valence-electron chi connectivity index (χ1n) is 9.92. The lowest BCUT2D eigenvalue weighted by Crippen LogP contribution is -2.48. The average molecular weight is 345 g/mol. The van der Waals surface area contributed by atoms with E-state index >= 15 is 0 Å². The maximum Gasteiger partial charge on any atom is 0.338 e. The molecule has 2 fully saturated rings.